The maximum Gasteiger partial charge on any atom is 0.273 e. The van der Waals surface area contributed by atoms with E-state index in [1.807, 2.05) is 6.07 Å². The molecule has 4 heteroatoms. The van der Waals surface area contributed by atoms with Crippen LogP contribution in [0, 0.1) is 21.4 Å². The lowest BCUT2D eigenvalue weighted by Crippen LogP contribution is -1.93. The number of rotatable bonds is 2. The number of nitro groups is 1. The van der Waals surface area contributed by atoms with E-state index >= 15 is 0 Å². The summed E-state index contributed by atoms with van der Waals surface area (Å²) in [6.07, 6.45) is 0.0805. The van der Waals surface area contributed by atoms with Gasteiger partial charge in [-0.3, -0.25) is 10.1 Å². The largest absolute Gasteiger partial charge is 0.273 e. The van der Waals surface area contributed by atoms with E-state index in [1.54, 1.807) is 18.2 Å². The number of nitrogens with zero attached hydrogens (tertiary/aromatic N) is 2. The van der Waals surface area contributed by atoms with Crippen molar-refractivity contribution in [3.8, 4) is 6.07 Å². The summed E-state index contributed by atoms with van der Waals surface area (Å²) in [5.41, 5.74) is 0.476. The highest BCUT2D eigenvalue weighted by Crippen LogP contribution is 2.17. The van der Waals surface area contributed by atoms with Gasteiger partial charge in [0.2, 0.25) is 0 Å². The third-order valence-electron chi connectivity index (χ3n) is 1.46. The lowest BCUT2D eigenvalue weighted by molar-refractivity contribution is -0.385. The van der Waals surface area contributed by atoms with Crippen LogP contribution in [0.5, 0.6) is 0 Å². The molecule has 0 aliphatic rings. The molecule has 1 aromatic rings. The second-order valence-electron chi connectivity index (χ2n) is 2.22. The molecule has 12 heavy (non-hydrogen) atoms. The Labute approximate surface area is 69.2 Å². The summed E-state index contributed by atoms with van der Waals surface area (Å²) in [5.74, 6) is 0. The van der Waals surface area contributed by atoms with Gasteiger partial charge < -0.3 is 0 Å². The molecule has 0 aliphatic heterocycles. The number of benzene rings is 1. The van der Waals surface area contributed by atoms with Gasteiger partial charge in [-0.15, -0.1) is 0 Å². The summed E-state index contributed by atoms with van der Waals surface area (Å²) < 4.78 is 0. The summed E-state index contributed by atoms with van der Waals surface area (Å²) >= 11 is 0. The molecule has 0 aromatic heterocycles. The van der Waals surface area contributed by atoms with Gasteiger partial charge >= 0.3 is 0 Å². The van der Waals surface area contributed by atoms with Crippen molar-refractivity contribution in [3.63, 3.8) is 0 Å². The van der Waals surface area contributed by atoms with Crippen LogP contribution in [0.15, 0.2) is 24.3 Å². The molecular formula is C8H6N2O2. The van der Waals surface area contributed by atoms with Gasteiger partial charge in [-0.2, -0.15) is 5.26 Å². The van der Waals surface area contributed by atoms with E-state index < -0.39 is 4.92 Å². The van der Waals surface area contributed by atoms with Crippen molar-refractivity contribution in [2.45, 2.75) is 6.42 Å². The summed E-state index contributed by atoms with van der Waals surface area (Å²) in [4.78, 5) is 9.91. The second kappa shape index (κ2) is 3.49. The van der Waals surface area contributed by atoms with E-state index in [2.05, 4.69) is 0 Å². The Hall–Kier alpha value is -1.89. The molecule has 0 atom stereocenters. The molecule has 0 spiro atoms. The number of nitriles is 1. The number of hydrogen-bond donors (Lipinski definition) is 0. The maximum absolute atomic E-state index is 10.4. The molecular weight excluding hydrogens is 155 g/mol. The summed E-state index contributed by atoms with van der Waals surface area (Å²) in [6.45, 7) is 0. The Kier molecular flexibility index (Phi) is 2.38. The van der Waals surface area contributed by atoms with Crippen LogP contribution in [0.25, 0.3) is 0 Å². The molecule has 0 radical (unpaired) electrons. The van der Waals surface area contributed by atoms with Gasteiger partial charge in [0.25, 0.3) is 5.69 Å². The Morgan fingerprint density at radius 1 is 1.50 bits per heavy atom. The monoisotopic (exact) mass is 161 g/mol. The van der Waals surface area contributed by atoms with Crippen molar-refractivity contribution in [1.82, 2.24) is 0 Å². The van der Waals surface area contributed by atoms with Crippen molar-refractivity contribution >= 4 is 5.69 Å². The first-order valence-electron chi connectivity index (χ1n) is 3.35. The quantitative estimate of drug-likeness (QED) is 0.489. The van der Waals surface area contributed by atoms with E-state index in [0.29, 0.717) is 5.56 Å². The minimum atomic E-state index is -0.479. The van der Waals surface area contributed by atoms with E-state index in [1.165, 1.54) is 6.07 Å². The first-order chi connectivity index (χ1) is 5.75. The van der Waals surface area contributed by atoms with Crippen LogP contribution in [0.3, 0.4) is 0 Å². The number of hydrogen-bond acceptors (Lipinski definition) is 3. The number of nitro benzene ring substituents is 1. The van der Waals surface area contributed by atoms with Crippen LogP contribution in [0.4, 0.5) is 5.69 Å². The zero-order valence-electron chi connectivity index (χ0n) is 6.23. The highest BCUT2D eigenvalue weighted by atomic mass is 16.6. The molecule has 0 unspecified atom stereocenters. The molecule has 60 valence electrons. The van der Waals surface area contributed by atoms with Gasteiger partial charge in [-0.05, 0) is 0 Å². The van der Waals surface area contributed by atoms with Crippen molar-refractivity contribution in [3.05, 3.63) is 39.9 Å². The van der Waals surface area contributed by atoms with Crippen LogP contribution in [-0.2, 0) is 6.42 Å². The fraction of sp³-hybridized carbons (Fsp3) is 0.125. The normalized spacial score (nSPS) is 8.92. The molecule has 0 aliphatic carbocycles. The van der Waals surface area contributed by atoms with E-state index in [-0.39, 0.29) is 12.1 Å². The molecule has 4 nitrogen and oxygen atoms in total. The summed E-state index contributed by atoms with van der Waals surface area (Å²) in [6, 6.07) is 8.12. The predicted molar refractivity (Wildman–Crippen MR) is 42.4 cm³/mol. The molecule has 0 N–H and O–H groups in total. The van der Waals surface area contributed by atoms with Crippen LogP contribution < -0.4 is 0 Å². The molecule has 0 amide bonds. The predicted octanol–water partition coefficient (Wildman–Crippen LogP) is 1.66. The minimum Gasteiger partial charge on any atom is -0.258 e. The van der Waals surface area contributed by atoms with E-state index in [9.17, 15) is 10.1 Å². The molecule has 0 bridgehead atoms. The Morgan fingerprint density at radius 3 is 2.75 bits per heavy atom. The fourth-order valence-electron chi connectivity index (χ4n) is 0.924. The third-order valence-corrected chi connectivity index (χ3v) is 1.46. The van der Waals surface area contributed by atoms with Gasteiger partial charge in [0.15, 0.2) is 0 Å². The van der Waals surface area contributed by atoms with Crippen LogP contribution in [-0.4, -0.2) is 4.92 Å². The fourth-order valence-corrected chi connectivity index (χ4v) is 0.924. The van der Waals surface area contributed by atoms with Gasteiger partial charge in [-0.25, -0.2) is 0 Å². The SMILES string of the molecule is N#[11C]Cc1ccccc1[N+](=O)[O-]. The van der Waals surface area contributed by atoms with Crippen molar-refractivity contribution in [1.29, 1.82) is 5.26 Å². The average Bonchev–Trinajstić information content (AvgIpc) is 2.05. The maximum atomic E-state index is 10.4. The molecule has 1 rings (SSSR count). The Balaban J connectivity index is 3.10. The third kappa shape index (κ3) is 1.58. The lowest BCUT2D eigenvalue weighted by atomic mass is 9.99. The van der Waals surface area contributed by atoms with Gasteiger partial charge in [0.05, 0.1) is 17.4 Å². The van der Waals surface area contributed by atoms with Crippen molar-refractivity contribution < 1.29 is 4.92 Å². The number of para-hydroxylation sites is 1. The zero-order valence-corrected chi connectivity index (χ0v) is 6.23. The Morgan fingerprint density at radius 2 is 2.17 bits per heavy atom. The molecule has 0 fully saturated rings. The topological polar surface area (TPSA) is 66.9 Å². The van der Waals surface area contributed by atoms with Crippen LogP contribution in [0.2, 0.25) is 0 Å². The van der Waals surface area contributed by atoms with Gasteiger partial charge in [-0.1, -0.05) is 18.2 Å². The molecule has 0 saturated heterocycles. The van der Waals surface area contributed by atoms with E-state index in [4.69, 9.17) is 5.26 Å². The summed E-state index contributed by atoms with van der Waals surface area (Å²) in [7, 11) is 0. The first kappa shape index (κ1) is 8.21. The average molecular weight is 161 g/mol. The summed E-state index contributed by atoms with van der Waals surface area (Å²) in [5, 5.41) is 18.7. The zero-order chi connectivity index (χ0) is 8.97. The highest BCUT2D eigenvalue weighted by Gasteiger charge is 2.10. The molecule has 1 aromatic carbocycles. The first-order valence-corrected chi connectivity index (χ1v) is 3.35. The van der Waals surface area contributed by atoms with Crippen molar-refractivity contribution in [2.24, 2.45) is 0 Å². The molecule has 0 heterocycles. The Bertz CT molecular complexity index is 341. The molecule has 0 saturated carbocycles. The smallest absolute Gasteiger partial charge is 0.258 e. The van der Waals surface area contributed by atoms with Gasteiger partial charge in [0, 0.05) is 11.6 Å². The highest BCUT2D eigenvalue weighted by molar-refractivity contribution is 5.41. The van der Waals surface area contributed by atoms with Crippen molar-refractivity contribution in [2.75, 3.05) is 0 Å². The van der Waals surface area contributed by atoms with Crippen LogP contribution in [0.1, 0.15) is 5.56 Å². The minimum absolute atomic E-state index is 0.0130. The van der Waals surface area contributed by atoms with Gasteiger partial charge in [0.1, 0.15) is 0 Å². The second-order valence-corrected chi connectivity index (χ2v) is 2.22. The van der Waals surface area contributed by atoms with Crippen LogP contribution >= 0.6 is 0 Å². The van der Waals surface area contributed by atoms with E-state index in [0.717, 1.165) is 0 Å². The lowest BCUT2D eigenvalue weighted by Gasteiger charge is -1.95. The standard InChI is InChI=1S/C8H6N2O2/c9-6-5-7-3-1-2-4-8(7)10(11)12/h1-4H,5H2/i6-1.